The molecular formula is C16H21FN2OS. The number of carbonyl (C=O) groups is 1. The summed E-state index contributed by atoms with van der Waals surface area (Å²) in [5, 5.41) is 3.43. The highest BCUT2D eigenvalue weighted by Gasteiger charge is 2.23. The minimum atomic E-state index is -0.128. The van der Waals surface area contributed by atoms with Crippen molar-refractivity contribution in [3.8, 4) is 0 Å². The lowest BCUT2D eigenvalue weighted by Gasteiger charge is -2.26. The lowest BCUT2D eigenvalue weighted by atomic mass is 10.0. The summed E-state index contributed by atoms with van der Waals surface area (Å²) in [5.74, 6) is 1.04. The van der Waals surface area contributed by atoms with Crippen molar-refractivity contribution in [3.05, 3.63) is 29.6 Å². The van der Waals surface area contributed by atoms with Crippen LogP contribution in [0.2, 0.25) is 0 Å². The molecule has 1 fully saturated rings. The highest BCUT2D eigenvalue weighted by Crippen LogP contribution is 2.37. The van der Waals surface area contributed by atoms with Crippen LogP contribution in [0.3, 0.4) is 0 Å². The number of carbonyl (C=O) groups excluding carboxylic acids is 1. The number of halogens is 1. The van der Waals surface area contributed by atoms with E-state index in [9.17, 15) is 9.18 Å². The van der Waals surface area contributed by atoms with Gasteiger partial charge in [-0.3, -0.25) is 4.79 Å². The molecule has 2 aliphatic heterocycles. The molecule has 0 saturated carbocycles. The molecule has 1 amide bonds. The van der Waals surface area contributed by atoms with Crippen LogP contribution in [-0.2, 0) is 4.79 Å². The SMILES string of the molecule is O=C(CCNC1CCSc2c(F)cccc21)N1CCCC1. The number of hydrogen-bond acceptors (Lipinski definition) is 3. The molecule has 1 unspecified atom stereocenters. The van der Waals surface area contributed by atoms with Gasteiger partial charge in [-0.15, -0.1) is 11.8 Å². The fraction of sp³-hybridized carbons (Fsp3) is 0.562. The van der Waals surface area contributed by atoms with Gasteiger partial charge in [0, 0.05) is 37.0 Å². The van der Waals surface area contributed by atoms with Gasteiger partial charge in [-0.1, -0.05) is 12.1 Å². The number of nitrogens with zero attached hydrogens (tertiary/aromatic N) is 1. The summed E-state index contributed by atoms with van der Waals surface area (Å²) in [6.07, 6.45) is 3.78. The molecule has 0 aliphatic carbocycles. The number of amides is 1. The Hall–Kier alpha value is -1.07. The average Bonchev–Trinajstić information content (AvgIpc) is 3.02. The van der Waals surface area contributed by atoms with Crippen LogP contribution in [0, 0.1) is 5.82 Å². The summed E-state index contributed by atoms with van der Waals surface area (Å²) in [5.41, 5.74) is 1.04. The Bertz CT molecular complexity index is 517. The second kappa shape index (κ2) is 6.79. The molecule has 0 aromatic heterocycles. The lowest BCUT2D eigenvalue weighted by Crippen LogP contribution is -2.32. The summed E-state index contributed by atoms with van der Waals surface area (Å²) in [4.78, 5) is 14.7. The fourth-order valence-corrected chi connectivity index (χ4v) is 4.22. The van der Waals surface area contributed by atoms with Crippen LogP contribution in [-0.4, -0.2) is 36.2 Å². The number of rotatable bonds is 4. The summed E-state index contributed by atoms with van der Waals surface area (Å²) >= 11 is 1.59. The summed E-state index contributed by atoms with van der Waals surface area (Å²) in [6.45, 7) is 2.49. The van der Waals surface area contributed by atoms with Crippen LogP contribution in [0.25, 0.3) is 0 Å². The molecule has 3 nitrogen and oxygen atoms in total. The van der Waals surface area contributed by atoms with Gasteiger partial charge >= 0.3 is 0 Å². The molecule has 1 aromatic rings. The van der Waals surface area contributed by atoms with Crippen molar-refractivity contribution in [3.63, 3.8) is 0 Å². The third-order valence-electron chi connectivity index (χ3n) is 4.21. The van der Waals surface area contributed by atoms with Crippen LogP contribution >= 0.6 is 11.8 Å². The predicted octanol–water partition coefficient (Wildman–Crippen LogP) is 2.96. The summed E-state index contributed by atoms with van der Waals surface area (Å²) < 4.78 is 13.8. The van der Waals surface area contributed by atoms with Crippen molar-refractivity contribution >= 4 is 17.7 Å². The second-order valence-corrected chi connectivity index (χ2v) is 6.75. The number of thioether (sulfide) groups is 1. The number of fused-ring (bicyclic) bond motifs is 1. The maximum atomic E-state index is 13.8. The Balaban J connectivity index is 1.55. The van der Waals surface area contributed by atoms with E-state index in [1.54, 1.807) is 17.8 Å². The molecule has 1 saturated heterocycles. The number of hydrogen-bond donors (Lipinski definition) is 1. The van der Waals surface area contributed by atoms with Gasteiger partial charge in [0.15, 0.2) is 0 Å². The Morgan fingerprint density at radius 3 is 3.00 bits per heavy atom. The zero-order valence-corrected chi connectivity index (χ0v) is 12.9. The Morgan fingerprint density at radius 1 is 1.38 bits per heavy atom. The lowest BCUT2D eigenvalue weighted by molar-refractivity contribution is -0.130. The molecule has 0 bridgehead atoms. The van der Waals surface area contributed by atoms with Gasteiger partial charge < -0.3 is 10.2 Å². The van der Waals surface area contributed by atoms with Crippen LogP contribution in [0.1, 0.15) is 37.3 Å². The van der Waals surface area contributed by atoms with Crippen LogP contribution in [0.4, 0.5) is 4.39 Å². The van der Waals surface area contributed by atoms with Gasteiger partial charge in [-0.05, 0) is 36.6 Å². The highest BCUT2D eigenvalue weighted by molar-refractivity contribution is 7.99. The van der Waals surface area contributed by atoms with Crippen molar-refractivity contribution in [2.45, 2.75) is 36.6 Å². The third kappa shape index (κ3) is 3.40. The van der Waals surface area contributed by atoms with Crippen molar-refractivity contribution in [2.24, 2.45) is 0 Å². The summed E-state index contributed by atoms with van der Waals surface area (Å²) in [7, 11) is 0. The minimum Gasteiger partial charge on any atom is -0.343 e. The number of nitrogens with one attached hydrogen (secondary N) is 1. The highest BCUT2D eigenvalue weighted by atomic mass is 32.2. The van der Waals surface area contributed by atoms with Gasteiger partial charge in [0.05, 0.1) is 0 Å². The first-order valence-electron chi connectivity index (χ1n) is 7.68. The van der Waals surface area contributed by atoms with E-state index in [4.69, 9.17) is 0 Å². The zero-order valence-electron chi connectivity index (χ0n) is 12.1. The zero-order chi connectivity index (χ0) is 14.7. The van der Waals surface area contributed by atoms with E-state index >= 15 is 0 Å². The molecule has 21 heavy (non-hydrogen) atoms. The van der Waals surface area contributed by atoms with Crippen molar-refractivity contribution in [2.75, 3.05) is 25.4 Å². The fourth-order valence-electron chi connectivity index (χ4n) is 3.08. The topological polar surface area (TPSA) is 32.3 Å². The van der Waals surface area contributed by atoms with Crippen LogP contribution in [0.5, 0.6) is 0 Å². The quantitative estimate of drug-likeness (QED) is 0.928. The molecule has 2 heterocycles. The molecule has 114 valence electrons. The Morgan fingerprint density at radius 2 is 2.19 bits per heavy atom. The first kappa shape index (κ1) is 14.9. The van der Waals surface area contributed by atoms with Gasteiger partial charge in [-0.2, -0.15) is 0 Å². The Labute approximate surface area is 129 Å². The van der Waals surface area contributed by atoms with Gasteiger partial charge in [-0.25, -0.2) is 4.39 Å². The maximum absolute atomic E-state index is 13.8. The van der Waals surface area contributed by atoms with E-state index in [2.05, 4.69) is 5.32 Å². The molecular weight excluding hydrogens is 287 g/mol. The third-order valence-corrected chi connectivity index (χ3v) is 5.37. The van der Waals surface area contributed by atoms with E-state index < -0.39 is 0 Å². The Kier molecular flexibility index (Phi) is 4.80. The first-order valence-corrected chi connectivity index (χ1v) is 8.66. The molecule has 1 N–H and O–H groups in total. The van der Waals surface area contributed by atoms with Crippen LogP contribution < -0.4 is 5.32 Å². The number of likely N-dealkylation sites (tertiary alicyclic amines) is 1. The maximum Gasteiger partial charge on any atom is 0.223 e. The molecule has 0 radical (unpaired) electrons. The molecule has 1 aromatic carbocycles. The normalized spacial score (nSPS) is 21.4. The van der Waals surface area contributed by atoms with Gasteiger partial charge in [0.2, 0.25) is 5.91 Å². The van der Waals surface area contributed by atoms with Crippen LogP contribution in [0.15, 0.2) is 23.1 Å². The predicted molar refractivity (Wildman–Crippen MR) is 82.9 cm³/mol. The van der Waals surface area contributed by atoms with Crippen molar-refractivity contribution in [1.82, 2.24) is 10.2 Å². The molecule has 2 aliphatic rings. The van der Waals surface area contributed by atoms with E-state index in [1.165, 1.54) is 6.07 Å². The number of benzene rings is 1. The molecule has 0 spiro atoms. The standard InChI is InChI=1S/C16H21FN2OS/c17-13-5-3-4-12-14(7-11-21-16(12)13)18-8-6-15(20)19-9-1-2-10-19/h3-5,14,18H,1-2,6-11H2. The second-order valence-electron chi connectivity index (χ2n) is 5.64. The van der Waals surface area contributed by atoms with E-state index in [-0.39, 0.29) is 17.8 Å². The first-order chi connectivity index (χ1) is 10.3. The van der Waals surface area contributed by atoms with Gasteiger partial charge in [0.25, 0.3) is 0 Å². The molecule has 1 atom stereocenters. The van der Waals surface area contributed by atoms with Crippen molar-refractivity contribution < 1.29 is 9.18 Å². The van der Waals surface area contributed by atoms with E-state index in [0.29, 0.717) is 13.0 Å². The molecule has 5 heteroatoms. The largest absolute Gasteiger partial charge is 0.343 e. The smallest absolute Gasteiger partial charge is 0.223 e. The minimum absolute atomic E-state index is 0.128. The van der Waals surface area contributed by atoms with Crippen molar-refractivity contribution in [1.29, 1.82) is 0 Å². The van der Waals surface area contributed by atoms with Gasteiger partial charge in [0.1, 0.15) is 5.82 Å². The van der Waals surface area contributed by atoms with E-state index in [0.717, 1.165) is 48.6 Å². The van der Waals surface area contributed by atoms with E-state index in [1.807, 2.05) is 11.0 Å². The molecule has 3 rings (SSSR count). The average molecular weight is 308 g/mol. The summed E-state index contributed by atoms with van der Waals surface area (Å²) in [6, 6.07) is 5.45. The monoisotopic (exact) mass is 308 g/mol.